The van der Waals surface area contributed by atoms with E-state index in [1.807, 2.05) is 42.5 Å². The second kappa shape index (κ2) is 15.1. The van der Waals surface area contributed by atoms with Crippen molar-refractivity contribution in [3.05, 3.63) is 148 Å². The van der Waals surface area contributed by atoms with Crippen LogP contribution in [0.4, 0.5) is 10.1 Å². The Morgan fingerprint density at radius 1 is 0.855 bits per heavy atom. The summed E-state index contributed by atoms with van der Waals surface area (Å²) in [4.78, 5) is 14.4. The lowest BCUT2D eigenvalue weighted by Gasteiger charge is -2.43. The summed E-state index contributed by atoms with van der Waals surface area (Å²) in [6, 6.07) is 38.1. The van der Waals surface area contributed by atoms with Gasteiger partial charge in [0.2, 0.25) is 5.88 Å². The van der Waals surface area contributed by atoms with Gasteiger partial charge in [-0.25, -0.2) is 4.39 Å². The molecule has 0 saturated carbocycles. The van der Waals surface area contributed by atoms with E-state index in [0.717, 1.165) is 72.3 Å². The first kappa shape index (κ1) is 35.4. The fourth-order valence-electron chi connectivity index (χ4n) is 9.45. The number of aryl methyl sites for hydroxylation is 1. The van der Waals surface area contributed by atoms with Gasteiger partial charge in [-0.05, 0) is 67.0 Å². The summed E-state index contributed by atoms with van der Waals surface area (Å²) in [5.74, 6) is 0.441. The minimum Gasteiger partial charge on any atom is -0.472 e. The van der Waals surface area contributed by atoms with Crippen LogP contribution in [-0.4, -0.2) is 46.3 Å². The predicted molar refractivity (Wildman–Crippen MR) is 208 cm³/mol. The fourth-order valence-corrected chi connectivity index (χ4v) is 9.45. The van der Waals surface area contributed by atoms with E-state index in [1.165, 1.54) is 11.1 Å². The van der Waals surface area contributed by atoms with Crippen molar-refractivity contribution >= 4 is 5.69 Å². The lowest BCUT2D eigenvalue weighted by Crippen LogP contribution is -2.43. The van der Waals surface area contributed by atoms with Gasteiger partial charge in [0, 0.05) is 38.0 Å². The SMILES string of the molecule is N#Cc1c(N(Cc2ccccc2)Cc2ccccc2)ccc2c1C1(CCC2)Cc2nc(OC[C@@]34CCCN3C[C@H](F)C4)nc(OCc3ccccc3)c2CO1. The smallest absolute Gasteiger partial charge is 0.320 e. The van der Waals surface area contributed by atoms with Gasteiger partial charge in [-0.2, -0.15) is 15.2 Å². The zero-order valence-electron chi connectivity index (χ0n) is 31.1. The number of aromatic nitrogens is 2. The molecule has 1 aromatic heterocycles. The molecule has 9 rings (SSSR count). The fraction of sp³-hybridized carbons (Fsp3) is 0.370. The summed E-state index contributed by atoms with van der Waals surface area (Å²) in [6.07, 6.45) is 4.55. The normalized spacial score (nSPS) is 22.7. The third-order valence-electron chi connectivity index (χ3n) is 12.1. The van der Waals surface area contributed by atoms with E-state index in [9.17, 15) is 9.65 Å². The molecule has 4 aliphatic rings. The minimum atomic E-state index is -0.850. The quantitative estimate of drug-likeness (QED) is 0.134. The third kappa shape index (κ3) is 7.05. The van der Waals surface area contributed by atoms with Gasteiger partial charge in [0.15, 0.2) is 0 Å². The molecular formula is C46H46FN5O3. The molecule has 1 spiro atoms. The van der Waals surface area contributed by atoms with E-state index in [4.69, 9.17) is 24.2 Å². The van der Waals surface area contributed by atoms with Gasteiger partial charge in [-0.3, -0.25) is 4.90 Å². The van der Waals surface area contributed by atoms with Crippen molar-refractivity contribution in [1.29, 1.82) is 5.26 Å². The molecule has 4 aromatic carbocycles. The van der Waals surface area contributed by atoms with Crippen LogP contribution in [0.3, 0.4) is 0 Å². The van der Waals surface area contributed by atoms with Crippen LogP contribution < -0.4 is 14.4 Å². The maximum atomic E-state index is 14.7. The van der Waals surface area contributed by atoms with E-state index in [-0.39, 0.29) is 18.2 Å². The van der Waals surface area contributed by atoms with E-state index >= 15 is 0 Å². The van der Waals surface area contributed by atoms with Gasteiger partial charge >= 0.3 is 6.01 Å². The summed E-state index contributed by atoms with van der Waals surface area (Å²) in [5, 5.41) is 11.1. The monoisotopic (exact) mass is 735 g/mol. The van der Waals surface area contributed by atoms with Crippen molar-refractivity contribution in [2.24, 2.45) is 0 Å². The van der Waals surface area contributed by atoms with Crippen molar-refractivity contribution in [1.82, 2.24) is 14.9 Å². The molecule has 0 radical (unpaired) electrons. The standard InChI is InChI=1S/C46H46FN5O3/c47-37-24-45(21-11-23-52(45)29-37)32-54-44-49-40-25-46(55-31-39(40)43(50-44)53-30-35-16-8-3-9-17-35)22-10-18-36-19-20-41(38(26-48)42(36)46)51(27-33-12-4-1-5-13-33)28-34-14-6-2-7-15-34/h1-9,12-17,19-20,37H,10-11,18,21-25,27-32H2/t37-,45+,46?/m1/s1. The number of alkyl halides is 1. The number of anilines is 1. The first-order chi connectivity index (χ1) is 27.0. The number of hydrogen-bond acceptors (Lipinski definition) is 8. The Labute approximate surface area is 322 Å². The number of nitriles is 1. The van der Waals surface area contributed by atoms with Gasteiger partial charge in [0.25, 0.3) is 0 Å². The average molecular weight is 736 g/mol. The minimum absolute atomic E-state index is 0.240. The van der Waals surface area contributed by atoms with Crippen molar-refractivity contribution in [2.45, 2.75) is 88.6 Å². The number of hydrogen-bond donors (Lipinski definition) is 0. The molecule has 0 N–H and O–H groups in total. The third-order valence-corrected chi connectivity index (χ3v) is 12.1. The highest BCUT2D eigenvalue weighted by Crippen LogP contribution is 2.49. The van der Waals surface area contributed by atoms with Crippen LogP contribution in [0.2, 0.25) is 0 Å². The van der Waals surface area contributed by atoms with Crippen molar-refractivity contribution in [3.63, 3.8) is 0 Å². The molecule has 3 aliphatic heterocycles. The second-order valence-corrected chi connectivity index (χ2v) is 15.6. The molecule has 0 bridgehead atoms. The summed E-state index contributed by atoms with van der Waals surface area (Å²) in [7, 11) is 0. The molecule has 1 unspecified atom stereocenters. The summed E-state index contributed by atoms with van der Waals surface area (Å²) in [5.41, 5.74) is 7.53. The van der Waals surface area contributed by atoms with E-state index in [2.05, 4.69) is 76.5 Å². The molecule has 9 heteroatoms. The number of benzene rings is 4. The summed E-state index contributed by atoms with van der Waals surface area (Å²) < 4.78 is 34.5. The number of fused-ring (bicyclic) bond motifs is 4. The van der Waals surface area contributed by atoms with Crippen LogP contribution in [0.5, 0.6) is 11.9 Å². The Morgan fingerprint density at radius 3 is 2.27 bits per heavy atom. The van der Waals surface area contributed by atoms with Gasteiger partial charge in [0.1, 0.15) is 31.1 Å². The highest BCUT2D eigenvalue weighted by atomic mass is 19.1. The highest BCUT2D eigenvalue weighted by molar-refractivity contribution is 5.67. The van der Waals surface area contributed by atoms with Crippen LogP contribution in [0.1, 0.15) is 76.7 Å². The molecular weight excluding hydrogens is 690 g/mol. The maximum absolute atomic E-state index is 14.7. The molecule has 1 aliphatic carbocycles. The highest BCUT2D eigenvalue weighted by Gasteiger charge is 2.50. The summed E-state index contributed by atoms with van der Waals surface area (Å²) in [6.45, 7) is 3.55. The zero-order valence-corrected chi connectivity index (χ0v) is 31.1. The molecule has 280 valence electrons. The van der Waals surface area contributed by atoms with E-state index in [0.29, 0.717) is 57.1 Å². The zero-order chi connectivity index (χ0) is 37.2. The molecule has 3 atom stereocenters. The van der Waals surface area contributed by atoms with Crippen molar-refractivity contribution < 1.29 is 18.6 Å². The first-order valence-corrected chi connectivity index (χ1v) is 19.6. The Hall–Kier alpha value is -5.30. The molecule has 2 fully saturated rings. The number of nitrogens with zero attached hydrogens (tertiary/aromatic N) is 5. The summed E-state index contributed by atoms with van der Waals surface area (Å²) >= 11 is 0. The van der Waals surface area contributed by atoms with Gasteiger partial charge < -0.3 is 19.1 Å². The van der Waals surface area contributed by atoms with Crippen LogP contribution >= 0.6 is 0 Å². The second-order valence-electron chi connectivity index (χ2n) is 15.6. The Morgan fingerprint density at radius 2 is 1.56 bits per heavy atom. The lowest BCUT2D eigenvalue weighted by molar-refractivity contribution is -0.0868. The predicted octanol–water partition coefficient (Wildman–Crippen LogP) is 8.39. The van der Waals surface area contributed by atoms with Gasteiger partial charge in [-0.15, -0.1) is 0 Å². The maximum Gasteiger partial charge on any atom is 0.320 e. The lowest BCUT2D eigenvalue weighted by atomic mass is 9.72. The molecule has 55 heavy (non-hydrogen) atoms. The van der Waals surface area contributed by atoms with E-state index < -0.39 is 11.8 Å². The molecule has 8 nitrogen and oxygen atoms in total. The van der Waals surface area contributed by atoms with Gasteiger partial charge in [0.05, 0.1) is 34.7 Å². The van der Waals surface area contributed by atoms with Gasteiger partial charge in [-0.1, -0.05) is 97.1 Å². The van der Waals surface area contributed by atoms with Crippen LogP contribution in [0, 0.1) is 11.3 Å². The Bertz CT molecular complexity index is 2140. The molecule has 5 aromatic rings. The Balaban J connectivity index is 1.08. The van der Waals surface area contributed by atoms with Crippen LogP contribution in [0.15, 0.2) is 103 Å². The Kier molecular flexibility index (Phi) is 9.71. The van der Waals surface area contributed by atoms with Crippen molar-refractivity contribution in [3.8, 4) is 18.0 Å². The largest absolute Gasteiger partial charge is 0.472 e. The molecule has 0 amide bonds. The number of rotatable bonds is 11. The van der Waals surface area contributed by atoms with Crippen LogP contribution in [-0.2, 0) is 49.5 Å². The molecule has 4 heterocycles. The average Bonchev–Trinajstić information content (AvgIpc) is 3.75. The van der Waals surface area contributed by atoms with Crippen molar-refractivity contribution in [2.75, 3.05) is 24.6 Å². The first-order valence-electron chi connectivity index (χ1n) is 19.6. The molecule has 2 saturated heterocycles. The topological polar surface area (TPSA) is 83.7 Å². The number of ether oxygens (including phenoxy) is 3. The van der Waals surface area contributed by atoms with E-state index in [1.54, 1.807) is 0 Å². The number of halogens is 1. The van der Waals surface area contributed by atoms with Crippen LogP contribution in [0.25, 0.3) is 0 Å².